The van der Waals surface area contributed by atoms with E-state index in [2.05, 4.69) is 37.5 Å². The molecule has 1 fully saturated rings. The number of anilines is 2. The molecule has 0 spiro atoms. The van der Waals surface area contributed by atoms with Crippen molar-refractivity contribution in [2.45, 2.75) is 19.2 Å². The van der Waals surface area contributed by atoms with Crippen molar-refractivity contribution in [3.05, 3.63) is 78.6 Å². The van der Waals surface area contributed by atoms with Gasteiger partial charge in [0, 0.05) is 29.4 Å². The molecule has 1 aromatic heterocycles. The fraction of sp³-hybridized carbons (Fsp3) is 0.406. The van der Waals surface area contributed by atoms with Gasteiger partial charge in [-0.1, -0.05) is 24.3 Å². The molecule has 44 heavy (non-hydrogen) atoms. The lowest BCUT2D eigenvalue weighted by molar-refractivity contribution is -0.274. The molecule has 0 saturated heterocycles. The van der Waals surface area contributed by atoms with Crippen LogP contribution in [-0.2, 0) is 14.2 Å². The van der Waals surface area contributed by atoms with Crippen molar-refractivity contribution >= 4 is 17.4 Å². The van der Waals surface area contributed by atoms with Gasteiger partial charge in [0.1, 0.15) is 17.9 Å². The second-order valence-electron chi connectivity index (χ2n) is 10.7. The van der Waals surface area contributed by atoms with E-state index in [0.717, 1.165) is 12.5 Å². The van der Waals surface area contributed by atoms with Crippen molar-refractivity contribution in [2.24, 2.45) is 17.8 Å². The Bertz CT molecular complexity index is 1400. The van der Waals surface area contributed by atoms with E-state index in [4.69, 9.17) is 14.2 Å². The van der Waals surface area contributed by atoms with Crippen molar-refractivity contribution in [3.8, 4) is 17.0 Å². The number of fused-ring (bicyclic) bond motifs is 2. The lowest BCUT2D eigenvalue weighted by Crippen LogP contribution is -2.27. The SMILES string of the molecule is O=C(NCCOCCOCCOCC1C[C@H]2C=C[C@@H]1C2)c1cccc(-c2cc(Nc3ccc(OC(F)(F)F)cc3)ncn2)c1. The van der Waals surface area contributed by atoms with Crippen LogP contribution in [0.25, 0.3) is 11.3 Å². The molecule has 0 aliphatic heterocycles. The number of amides is 1. The molecule has 9 nitrogen and oxygen atoms in total. The van der Waals surface area contributed by atoms with Gasteiger partial charge in [-0.3, -0.25) is 4.79 Å². The molecule has 5 rings (SSSR count). The average Bonchev–Trinajstić information content (AvgIpc) is 3.64. The van der Waals surface area contributed by atoms with Crippen LogP contribution in [0.3, 0.4) is 0 Å². The molecule has 234 valence electrons. The third kappa shape index (κ3) is 9.50. The van der Waals surface area contributed by atoms with Gasteiger partial charge < -0.3 is 29.6 Å². The molecule has 2 aliphatic rings. The molecule has 0 radical (unpaired) electrons. The predicted molar refractivity (Wildman–Crippen MR) is 158 cm³/mol. The maximum absolute atomic E-state index is 12.7. The minimum absolute atomic E-state index is 0.247. The fourth-order valence-corrected chi connectivity index (χ4v) is 5.39. The highest BCUT2D eigenvalue weighted by Gasteiger charge is 2.35. The van der Waals surface area contributed by atoms with E-state index in [1.54, 1.807) is 24.3 Å². The highest BCUT2D eigenvalue weighted by Crippen LogP contribution is 2.43. The van der Waals surface area contributed by atoms with Crippen molar-refractivity contribution in [3.63, 3.8) is 0 Å². The van der Waals surface area contributed by atoms with Gasteiger partial charge in [-0.25, -0.2) is 9.97 Å². The van der Waals surface area contributed by atoms with Crippen LogP contribution < -0.4 is 15.4 Å². The van der Waals surface area contributed by atoms with Gasteiger partial charge in [0.2, 0.25) is 0 Å². The van der Waals surface area contributed by atoms with Crippen LogP contribution in [0.1, 0.15) is 23.2 Å². The first-order chi connectivity index (χ1) is 21.3. The number of halogens is 3. The minimum Gasteiger partial charge on any atom is -0.406 e. The van der Waals surface area contributed by atoms with E-state index in [1.165, 1.54) is 43.4 Å². The second kappa shape index (κ2) is 15.1. The van der Waals surface area contributed by atoms with Crippen molar-refractivity contribution in [1.82, 2.24) is 15.3 Å². The molecule has 3 atom stereocenters. The van der Waals surface area contributed by atoms with Crippen LogP contribution in [-0.4, -0.2) is 68.4 Å². The van der Waals surface area contributed by atoms with E-state index >= 15 is 0 Å². The molecular formula is C32H35F3N4O5. The zero-order valence-electron chi connectivity index (χ0n) is 24.1. The van der Waals surface area contributed by atoms with Crippen LogP contribution in [0, 0.1) is 17.8 Å². The third-order valence-electron chi connectivity index (χ3n) is 7.47. The number of carbonyl (C=O) groups is 1. The number of nitrogens with one attached hydrogen (secondary N) is 2. The Morgan fingerprint density at radius 3 is 2.39 bits per heavy atom. The van der Waals surface area contributed by atoms with Crippen LogP contribution >= 0.6 is 0 Å². The Hall–Kier alpha value is -4.00. The van der Waals surface area contributed by atoms with Crippen molar-refractivity contribution in [1.29, 1.82) is 0 Å². The smallest absolute Gasteiger partial charge is 0.406 e. The molecule has 1 heterocycles. The summed E-state index contributed by atoms with van der Waals surface area (Å²) in [7, 11) is 0. The normalized spacial score (nSPS) is 18.8. The molecule has 1 saturated carbocycles. The van der Waals surface area contributed by atoms with Crippen molar-refractivity contribution in [2.75, 3.05) is 51.5 Å². The van der Waals surface area contributed by atoms with E-state index in [-0.39, 0.29) is 11.7 Å². The Morgan fingerprint density at radius 2 is 1.66 bits per heavy atom. The average molecular weight is 613 g/mol. The molecule has 2 aliphatic carbocycles. The van der Waals surface area contributed by atoms with E-state index in [0.29, 0.717) is 79.7 Å². The predicted octanol–water partition coefficient (Wildman–Crippen LogP) is 5.78. The van der Waals surface area contributed by atoms with Gasteiger partial charge in [-0.2, -0.15) is 0 Å². The van der Waals surface area contributed by atoms with Gasteiger partial charge in [0.05, 0.1) is 45.3 Å². The monoisotopic (exact) mass is 612 g/mol. The summed E-state index contributed by atoms with van der Waals surface area (Å²) in [4.78, 5) is 21.1. The molecule has 2 aromatic carbocycles. The first kappa shape index (κ1) is 31.4. The Morgan fingerprint density at radius 1 is 0.886 bits per heavy atom. The number of alkyl halides is 3. The zero-order chi connectivity index (χ0) is 30.8. The Balaban J connectivity index is 0.977. The summed E-state index contributed by atoms with van der Waals surface area (Å²) in [5.41, 5.74) is 2.23. The summed E-state index contributed by atoms with van der Waals surface area (Å²) in [5, 5.41) is 5.86. The van der Waals surface area contributed by atoms with Crippen LogP contribution in [0.15, 0.2) is 73.1 Å². The third-order valence-corrected chi connectivity index (χ3v) is 7.47. The Kier molecular flexibility index (Phi) is 10.8. The summed E-state index contributed by atoms with van der Waals surface area (Å²) in [6.07, 6.45) is 3.80. The van der Waals surface area contributed by atoms with Gasteiger partial charge in [-0.05, 0) is 67.0 Å². The minimum atomic E-state index is -4.76. The van der Waals surface area contributed by atoms with Gasteiger partial charge in [0.15, 0.2) is 0 Å². The fourth-order valence-electron chi connectivity index (χ4n) is 5.39. The molecule has 12 heteroatoms. The first-order valence-electron chi connectivity index (χ1n) is 14.6. The molecule has 1 unspecified atom stereocenters. The van der Waals surface area contributed by atoms with E-state index < -0.39 is 6.36 Å². The highest BCUT2D eigenvalue weighted by molar-refractivity contribution is 5.95. The molecule has 3 aromatic rings. The summed E-state index contributed by atoms with van der Waals surface area (Å²) < 4.78 is 57.9. The topological polar surface area (TPSA) is 104 Å². The van der Waals surface area contributed by atoms with E-state index in [1.807, 2.05) is 6.07 Å². The number of hydrogen-bond acceptors (Lipinski definition) is 8. The lowest BCUT2D eigenvalue weighted by Gasteiger charge is -2.17. The number of allylic oxidation sites excluding steroid dienone is 2. The molecular weight excluding hydrogens is 577 g/mol. The Labute approximate surface area is 253 Å². The summed E-state index contributed by atoms with van der Waals surface area (Å²) in [5.74, 6) is 1.97. The quantitative estimate of drug-likeness (QED) is 0.155. The van der Waals surface area contributed by atoms with Crippen LogP contribution in [0.5, 0.6) is 5.75 Å². The van der Waals surface area contributed by atoms with Gasteiger partial charge in [0.25, 0.3) is 5.91 Å². The maximum atomic E-state index is 12.7. The van der Waals surface area contributed by atoms with E-state index in [9.17, 15) is 18.0 Å². The number of benzene rings is 2. The summed E-state index contributed by atoms with van der Waals surface area (Å²) in [6.45, 7) is 3.51. The summed E-state index contributed by atoms with van der Waals surface area (Å²) >= 11 is 0. The van der Waals surface area contributed by atoms with Crippen LogP contribution in [0.2, 0.25) is 0 Å². The largest absolute Gasteiger partial charge is 0.573 e. The number of aromatic nitrogens is 2. The van der Waals surface area contributed by atoms with Gasteiger partial charge in [-0.15, -0.1) is 13.2 Å². The second-order valence-corrected chi connectivity index (χ2v) is 10.7. The van der Waals surface area contributed by atoms with Crippen molar-refractivity contribution < 1.29 is 36.9 Å². The number of ether oxygens (including phenoxy) is 4. The standard InChI is InChI=1S/C32H35F3N4O5/c33-32(34,35)44-28-8-6-27(7-9-28)39-30-19-29(37-21-38-30)24-2-1-3-25(18-24)31(40)36-10-11-41-12-13-42-14-15-43-20-26-17-22-4-5-23(26)16-22/h1-9,18-19,21-23,26H,10-17,20H2,(H,36,40)(H,37,38,39)/t22-,23+,26?/m0/s1. The number of hydrogen-bond donors (Lipinski definition) is 2. The molecule has 2 N–H and O–H groups in total. The summed E-state index contributed by atoms with van der Waals surface area (Å²) in [6, 6.07) is 14.0. The number of rotatable bonds is 16. The zero-order valence-corrected chi connectivity index (χ0v) is 24.1. The maximum Gasteiger partial charge on any atom is 0.573 e. The molecule has 2 bridgehead atoms. The molecule has 1 amide bonds. The van der Waals surface area contributed by atoms with Gasteiger partial charge >= 0.3 is 6.36 Å². The lowest BCUT2D eigenvalue weighted by atomic mass is 9.95. The number of carbonyl (C=O) groups excluding carboxylic acids is 1. The highest BCUT2D eigenvalue weighted by atomic mass is 19.4. The first-order valence-corrected chi connectivity index (χ1v) is 14.6. The van der Waals surface area contributed by atoms with Crippen LogP contribution in [0.4, 0.5) is 24.7 Å². The number of nitrogens with zero attached hydrogens (tertiary/aromatic N) is 2.